The average molecular weight is 156 g/mol. The second kappa shape index (κ2) is 3.77. The fourth-order valence-electron chi connectivity index (χ4n) is 1.09. The Morgan fingerprint density at radius 3 is 2.73 bits per heavy atom. The van der Waals surface area contributed by atoms with Gasteiger partial charge in [-0.1, -0.05) is 0 Å². The summed E-state index contributed by atoms with van der Waals surface area (Å²) in [7, 11) is 0. The van der Waals surface area contributed by atoms with Gasteiger partial charge >= 0.3 is 0 Å². The first-order valence-electron chi connectivity index (χ1n) is 4.24. The lowest BCUT2D eigenvalue weighted by Gasteiger charge is -2.17. The van der Waals surface area contributed by atoms with Crippen LogP contribution in [0.2, 0.25) is 0 Å². The zero-order valence-electron chi connectivity index (χ0n) is 7.21. The number of rotatable bonds is 3. The number of allylic oxidation sites excluding steroid dienone is 2. The van der Waals surface area contributed by atoms with Gasteiger partial charge in [0.05, 0.1) is 11.9 Å². The van der Waals surface area contributed by atoms with E-state index >= 15 is 0 Å². The Morgan fingerprint density at radius 1 is 1.55 bits per heavy atom. The summed E-state index contributed by atoms with van der Waals surface area (Å²) in [5, 5.41) is 9.13. The van der Waals surface area contributed by atoms with Gasteiger partial charge in [-0.05, 0) is 32.8 Å². The Balaban J connectivity index is 2.29. The molecule has 0 aliphatic heterocycles. The molecule has 0 aromatic heterocycles. The van der Waals surface area contributed by atoms with Gasteiger partial charge in [-0.3, -0.25) is 0 Å². The van der Waals surface area contributed by atoms with Crippen molar-refractivity contribution in [2.75, 3.05) is 0 Å². The van der Waals surface area contributed by atoms with Crippen LogP contribution in [0.25, 0.3) is 0 Å². The van der Waals surface area contributed by atoms with E-state index in [0.29, 0.717) is 0 Å². The van der Waals surface area contributed by atoms with Crippen LogP contribution >= 0.6 is 0 Å². The highest BCUT2D eigenvalue weighted by Crippen LogP contribution is 2.20. The van der Waals surface area contributed by atoms with Gasteiger partial charge in [0.1, 0.15) is 6.10 Å². The molecule has 2 unspecified atom stereocenters. The van der Waals surface area contributed by atoms with E-state index in [1.165, 1.54) is 6.42 Å². The molecule has 64 valence electrons. The number of aliphatic hydroxyl groups excluding tert-OH is 1. The third-order valence-corrected chi connectivity index (χ3v) is 2.02. The van der Waals surface area contributed by atoms with Crippen molar-refractivity contribution in [1.29, 1.82) is 0 Å². The molecule has 2 nitrogen and oxygen atoms in total. The maximum absolute atomic E-state index is 9.13. The van der Waals surface area contributed by atoms with Gasteiger partial charge in [0, 0.05) is 6.42 Å². The van der Waals surface area contributed by atoms with Gasteiger partial charge < -0.3 is 9.84 Å². The van der Waals surface area contributed by atoms with Gasteiger partial charge in [-0.25, -0.2) is 0 Å². The van der Waals surface area contributed by atoms with E-state index in [2.05, 4.69) is 6.08 Å². The second-order valence-electron chi connectivity index (χ2n) is 3.13. The first kappa shape index (κ1) is 8.60. The van der Waals surface area contributed by atoms with Crippen molar-refractivity contribution in [2.24, 2.45) is 0 Å². The van der Waals surface area contributed by atoms with Gasteiger partial charge in [0.25, 0.3) is 0 Å². The molecule has 0 aromatic carbocycles. The molecular weight excluding hydrogens is 140 g/mol. The summed E-state index contributed by atoms with van der Waals surface area (Å²) in [5.74, 6) is 1.05. The highest BCUT2D eigenvalue weighted by Gasteiger charge is 2.13. The molecule has 1 aliphatic rings. The molecule has 0 saturated carbocycles. The Hall–Kier alpha value is -0.500. The Labute approximate surface area is 67.9 Å². The van der Waals surface area contributed by atoms with Crippen LogP contribution in [-0.2, 0) is 4.74 Å². The van der Waals surface area contributed by atoms with Crippen LogP contribution in [-0.4, -0.2) is 17.3 Å². The van der Waals surface area contributed by atoms with Crippen LogP contribution in [0.3, 0.4) is 0 Å². The van der Waals surface area contributed by atoms with Crippen LogP contribution in [0, 0.1) is 0 Å². The van der Waals surface area contributed by atoms with E-state index in [-0.39, 0.29) is 12.2 Å². The summed E-state index contributed by atoms with van der Waals surface area (Å²) in [5.41, 5.74) is 0. The summed E-state index contributed by atoms with van der Waals surface area (Å²) in [4.78, 5) is 0. The van der Waals surface area contributed by atoms with E-state index in [4.69, 9.17) is 9.84 Å². The van der Waals surface area contributed by atoms with Crippen LogP contribution < -0.4 is 0 Å². The third-order valence-electron chi connectivity index (χ3n) is 2.02. The molecule has 2 heteroatoms. The quantitative estimate of drug-likeness (QED) is 0.675. The van der Waals surface area contributed by atoms with Crippen LogP contribution in [0.4, 0.5) is 0 Å². The number of hydrogen-bond acceptors (Lipinski definition) is 2. The minimum absolute atomic E-state index is 0.0700. The molecule has 1 N–H and O–H groups in total. The van der Waals surface area contributed by atoms with E-state index in [9.17, 15) is 0 Å². The van der Waals surface area contributed by atoms with Crippen molar-refractivity contribution in [3.05, 3.63) is 11.8 Å². The van der Waals surface area contributed by atoms with Crippen molar-refractivity contribution in [2.45, 2.75) is 45.3 Å². The standard InChI is InChI=1S/C9H16O2/c1-7(10)8(2)11-9-5-3-4-6-9/h5,7-8,10H,3-4,6H2,1-2H3. The highest BCUT2D eigenvalue weighted by atomic mass is 16.5. The molecular formula is C9H16O2. The van der Waals surface area contributed by atoms with Crippen molar-refractivity contribution < 1.29 is 9.84 Å². The molecule has 1 aliphatic carbocycles. The van der Waals surface area contributed by atoms with Crippen molar-refractivity contribution in [3.63, 3.8) is 0 Å². The minimum atomic E-state index is -0.378. The zero-order valence-corrected chi connectivity index (χ0v) is 7.21. The van der Waals surface area contributed by atoms with Crippen molar-refractivity contribution >= 4 is 0 Å². The first-order chi connectivity index (χ1) is 5.20. The summed E-state index contributed by atoms with van der Waals surface area (Å²) < 4.78 is 5.48. The summed E-state index contributed by atoms with van der Waals surface area (Å²) in [6.07, 6.45) is 5.02. The van der Waals surface area contributed by atoms with Crippen LogP contribution in [0.15, 0.2) is 11.8 Å². The number of hydrogen-bond donors (Lipinski definition) is 1. The average Bonchev–Trinajstić information content (AvgIpc) is 2.39. The largest absolute Gasteiger partial charge is 0.493 e. The lowest BCUT2D eigenvalue weighted by Crippen LogP contribution is -2.21. The molecule has 0 heterocycles. The summed E-state index contributed by atoms with van der Waals surface area (Å²) in [6.45, 7) is 3.64. The molecule has 0 amide bonds. The van der Waals surface area contributed by atoms with E-state index in [0.717, 1.165) is 18.6 Å². The Bertz CT molecular complexity index is 150. The van der Waals surface area contributed by atoms with E-state index in [1.807, 2.05) is 6.92 Å². The van der Waals surface area contributed by atoms with E-state index < -0.39 is 0 Å². The topological polar surface area (TPSA) is 29.5 Å². The fraction of sp³-hybridized carbons (Fsp3) is 0.778. The van der Waals surface area contributed by atoms with Gasteiger partial charge in [-0.15, -0.1) is 0 Å². The smallest absolute Gasteiger partial charge is 0.121 e. The molecule has 0 saturated heterocycles. The van der Waals surface area contributed by atoms with Gasteiger partial charge in [0.15, 0.2) is 0 Å². The van der Waals surface area contributed by atoms with Crippen LogP contribution in [0.5, 0.6) is 0 Å². The molecule has 1 rings (SSSR count). The maximum Gasteiger partial charge on any atom is 0.121 e. The van der Waals surface area contributed by atoms with Gasteiger partial charge in [-0.2, -0.15) is 0 Å². The lowest BCUT2D eigenvalue weighted by molar-refractivity contribution is 0.0160. The maximum atomic E-state index is 9.13. The Morgan fingerprint density at radius 2 is 2.27 bits per heavy atom. The SMILES string of the molecule is CC(O)C(C)OC1=CCCC1. The summed E-state index contributed by atoms with van der Waals surface area (Å²) >= 11 is 0. The number of ether oxygens (including phenoxy) is 1. The summed E-state index contributed by atoms with van der Waals surface area (Å²) in [6, 6.07) is 0. The predicted octanol–water partition coefficient (Wildman–Crippen LogP) is 1.84. The monoisotopic (exact) mass is 156 g/mol. The first-order valence-corrected chi connectivity index (χ1v) is 4.24. The third kappa shape index (κ3) is 2.54. The molecule has 0 aromatic rings. The van der Waals surface area contributed by atoms with E-state index in [1.54, 1.807) is 6.92 Å². The second-order valence-corrected chi connectivity index (χ2v) is 3.13. The predicted molar refractivity (Wildman–Crippen MR) is 44.2 cm³/mol. The molecule has 0 radical (unpaired) electrons. The fourth-order valence-corrected chi connectivity index (χ4v) is 1.09. The molecule has 0 bridgehead atoms. The highest BCUT2D eigenvalue weighted by molar-refractivity contribution is 5.00. The molecule has 0 fully saturated rings. The molecule has 11 heavy (non-hydrogen) atoms. The normalized spacial score (nSPS) is 22.6. The van der Waals surface area contributed by atoms with Crippen LogP contribution in [0.1, 0.15) is 33.1 Å². The lowest BCUT2D eigenvalue weighted by atomic mass is 10.2. The minimum Gasteiger partial charge on any atom is -0.493 e. The Kier molecular flexibility index (Phi) is 2.94. The van der Waals surface area contributed by atoms with Crippen molar-refractivity contribution in [3.8, 4) is 0 Å². The zero-order chi connectivity index (χ0) is 8.27. The molecule has 2 atom stereocenters. The molecule has 0 spiro atoms. The van der Waals surface area contributed by atoms with Crippen molar-refractivity contribution in [1.82, 2.24) is 0 Å². The number of aliphatic hydroxyl groups is 1. The van der Waals surface area contributed by atoms with Gasteiger partial charge in [0.2, 0.25) is 0 Å².